The molecular weight excluding hydrogens is 593 g/mol. The molecule has 1 N–H and O–H groups in total. The smallest absolute Gasteiger partial charge is 0.264 e. The summed E-state index contributed by atoms with van der Waals surface area (Å²) in [6.07, 6.45) is 1.68. The van der Waals surface area contributed by atoms with E-state index in [1.54, 1.807) is 55.5 Å². The standard InChI is InChI=1S/C29H32Cl3N3O4S/c1-4-5-15-33-29(37)21(3)34(18-22-11-12-24(31)17-27(22)32)28(36)19-35(25-8-6-7-23(30)16-25)40(38,39)26-13-9-20(2)10-14-26/h6-14,16-17,21H,4-5,15,18-19H2,1-3H3,(H,33,37). The lowest BCUT2D eigenvalue weighted by atomic mass is 10.1. The van der Waals surface area contributed by atoms with Gasteiger partial charge in [0.2, 0.25) is 11.8 Å². The van der Waals surface area contributed by atoms with Gasteiger partial charge in [-0.2, -0.15) is 0 Å². The fraction of sp³-hybridized carbons (Fsp3) is 0.310. The number of unbranched alkanes of at least 4 members (excludes halogenated alkanes) is 1. The van der Waals surface area contributed by atoms with Crippen LogP contribution in [0.5, 0.6) is 0 Å². The number of hydrogen-bond acceptors (Lipinski definition) is 4. The number of carbonyl (C=O) groups excluding carboxylic acids is 2. The van der Waals surface area contributed by atoms with Crippen LogP contribution in [0.4, 0.5) is 5.69 Å². The van der Waals surface area contributed by atoms with Crippen LogP contribution >= 0.6 is 34.8 Å². The minimum atomic E-state index is -4.18. The first-order valence-corrected chi connectivity index (χ1v) is 15.4. The van der Waals surface area contributed by atoms with Crippen molar-refractivity contribution < 1.29 is 18.0 Å². The molecular formula is C29H32Cl3N3O4S. The summed E-state index contributed by atoms with van der Waals surface area (Å²) in [5.41, 5.74) is 1.66. The number of carbonyl (C=O) groups is 2. The maximum absolute atomic E-state index is 13.9. The highest BCUT2D eigenvalue weighted by atomic mass is 35.5. The molecule has 1 atom stereocenters. The van der Waals surface area contributed by atoms with Crippen molar-refractivity contribution in [2.75, 3.05) is 17.4 Å². The predicted molar refractivity (Wildman–Crippen MR) is 162 cm³/mol. The molecule has 1 unspecified atom stereocenters. The Bertz CT molecular complexity index is 1450. The molecule has 40 heavy (non-hydrogen) atoms. The van der Waals surface area contributed by atoms with E-state index in [1.807, 2.05) is 13.8 Å². The Morgan fingerprint density at radius 1 is 0.950 bits per heavy atom. The van der Waals surface area contributed by atoms with E-state index in [-0.39, 0.29) is 23.0 Å². The Hall–Kier alpha value is -2.78. The van der Waals surface area contributed by atoms with Crippen LogP contribution in [0.25, 0.3) is 0 Å². The number of benzene rings is 3. The zero-order valence-electron chi connectivity index (χ0n) is 22.5. The fourth-order valence-corrected chi connectivity index (χ4v) is 6.01. The van der Waals surface area contributed by atoms with Crippen LogP contribution in [0.3, 0.4) is 0 Å². The first-order valence-electron chi connectivity index (χ1n) is 12.8. The van der Waals surface area contributed by atoms with Gasteiger partial charge in [-0.05, 0) is 68.3 Å². The van der Waals surface area contributed by atoms with Crippen molar-refractivity contribution in [2.24, 2.45) is 0 Å². The first-order chi connectivity index (χ1) is 18.9. The van der Waals surface area contributed by atoms with Crippen molar-refractivity contribution in [1.82, 2.24) is 10.2 Å². The monoisotopic (exact) mass is 623 g/mol. The minimum absolute atomic E-state index is 0.0172. The minimum Gasteiger partial charge on any atom is -0.354 e. The topological polar surface area (TPSA) is 86.8 Å². The molecule has 0 saturated heterocycles. The fourth-order valence-electron chi connectivity index (χ4n) is 3.95. The van der Waals surface area contributed by atoms with E-state index in [2.05, 4.69) is 5.32 Å². The molecule has 3 aromatic rings. The van der Waals surface area contributed by atoms with E-state index in [1.165, 1.54) is 23.1 Å². The number of nitrogens with one attached hydrogen (secondary N) is 1. The van der Waals surface area contributed by atoms with Crippen LogP contribution < -0.4 is 9.62 Å². The first kappa shape index (κ1) is 31.7. The number of halogens is 3. The molecule has 0 heterocycles. The highest BCUT2D eigenvalue weighted by molar-refractivity contribution is 7.92. The van der Waals surface area contributed by atoms with Crippen LogP contribution in [-0.4, -0.2) is 44.3 Å². The zero-order chi connectivity index (χ0) is 29.4. The van der Waals surface area contributed by atoms with E-state index in [0.717, 1.165) is 22.7 Å². The van der Waals surface area contributed by atoms with Gasteiger partial charge in [0.25, 0.3) is 10.0 Å². The normalized spacial score (nSPS) is 12.1. The van der Waals surface area contributed by atoms with E-state index >= 15 is 0 Å². The van der Waals surface area contributed by atoms with Gasteiger partial charge in [-0.1, -0.05) is 78.0 Å². The summed E-state index contributed by atoms with van der Waals surface area (Å²) in [7, 11) is -4.18. The summed E-state index contributed by atoms with van der Waals surface area (Å²) in [5, 5.41) is 3.90. The van der Waals surface area contributed by atoms with E-state index < -0.39 is 28.5 Å². The summed E-state index contributed by atoms with van der Waals surface area (Å²) in [4.78, 5) is 28.3. The average Bonchev–Trinajstić information content (AvgIpc) is 2.91. The molecule has 0 saturated carbocycles. The third-order valence-corrected chi connectivity index (χ3v) is 8.95. The second-order valence-corrected chi connectivity index (χ2v) is 12.5. The third kappa shape index (κ3) is 8.13. The Labute approximate surface area is 251 Å². The molecule has 3 rings (SSSR count). The van der Waals surface area contributed by atoms with Gasteiger partial charge in [-0.15, -0.1) is 0 Å². The summed E-state index contributed by atoms with van der Waals surface area (Å²) in [5.74, 6) is -0.956. The molecule has 2 amide bonds. The zero-order valence-corrected chi connectivity index (χ0v) is 25.6. The lowest BCUT2D eigenvalue weighted by Crippen LogP contribution is -2.51. The van der Waals surface area contributed by atoms with E-state index in [0.29, 0.717) is 27.2 Å². The highest BCUT2D eigenvalue weighted by Crippen LogP contribution is 2.28. The largest absolute Gasteiger partial charge is 0.354 e. The van der Waals surface area contributed by atoms with Crippen molar-refractivity contribution in [1.29, 1.82) is 0 Å². The molecule has 214 valence electrons. The highest BCUT2D eigenvalue weighted by Gasteiger charge is 2.32. The van der Waals surface area contributed by atoms with E-state index in [9.17, 15) is 18.0 Å². The van der Waals surface area contributed by atoms with Gasteiger partial charge in [0.05, 0.1) is 10.6 Å². The lowest BCUT2D eigenvalue weighted by Gasteiger charge is -2.32. The average molecular weight is 625 g/mol. The van der Waals surface area contributed by atoms with Crippen molar-refractivity contribution >= 4 is 62.3 Å². The second kappa shape index (κ2) is 14.2. The molecule has 0 aliphatic carbocycles. The Morgan fingerprint density at radius 2 is 1.62 bits per heavy atom. The molecule has 3 aromatic carbocycles. The van der Waals surface area contributed by atoms with E-state index in [4.69, 9.17) is 34.8 Å². The molecule has 0 bridgehead atoms. The van der Waals surface area contributed by atoms with Gasteiger partial charge in [0.15, 0.2) is 0 Å². The Balaban J connectivity index is 2.02. The van der Waals surface area contributed by atoms with Gasteiger partial charge in [-0.25, -0.2) is 8.42 Å². The van der Waals surface area contributed by atoms with Crippen molar-refractivity contribution in [2.45, 2.75) is 51.1 Å². The number of anilines is 1. The number of nitrogens with zero attached hydrogens (tertiary/aromatic N) is 2. The number of hydrogen-bond donors (Lipinski definition) is 1. The van der Waals surface area contributed by atoms with Crippen molar-refractivity contribution in [3.63, 3.8) is 0 Å². The van der Waals surface area contributed by atoms with Crippen LogP contribution in [0.15, 0.2) is 71.6 Å². The number of amides is 2. The van der Waals surface area contributed by atoms with Gasteiger partial charge in [0, 0.05) is 28.2 Å². The van der Waals surface area contributed by atoms with Crippen LogP contribution in [0.1, 0.15) is 37.8 Å². The maximum Gasteiger partial charge on any atom is 0.264 e. The van der Waals surface area contributed by atoms with Gasteiger partial charge in [-0.3, -0.25) is 13.9 Å². The van der Waals surface area contributed by atoms with Crippen LogP contribution in [0, 0.1) is 6.92 Å². The molecule has 0 aliphatic rings. The summed E-state index contributed by atoms with van der Waals surface area (Å²) < 4.78 is 28.7. The van der Waals surface area contributed by atoms with Gasteiger partial charge in [0.1, 0.15) is 12.6 Å². The molecule has 11 heteroatoms. The SMILES string of the molecule is CCCCNC(=O)C(C)N(Cc1ccc(Cl)cc1Cl)C(=O)CN(c1cccc(Cl)c1)S(=O)(=O)c1ccc(C)cc1. The number of rotatable bonds is 12. The summed E-state index contributed by atoms with van der Waals surface area (Å²) in [6.45, 7) is 5.30. The number of sulfonamides is 1. The van der Waals surface area contributed by atoms with Gasteiger partial charge >= 0.3 is 0 Å². The number of aryl methyl sites for hydroxylation is 1. The van der Waals surface area contributed by atoms with Crippen LogP contribution in [-0.2, 0) is 26.2 Å². The van der Waals surface area contributed by atoms with Crippen molar-refractivity contribution in [3.8, 4) is 0 Å². The molecule has 0 aliphatic heterocycles. The summed E-state index contributed by atoms with van der Waals surface area (Å²) in [6, 6.07) is 16.5. The molecule has 0 fully saturated rings. The Kier molecular flexibility index (Phi) is 11.3. The predicted octanol–water partition coefficient (Wildman–Crippen LogP) is 6.48. The third-order valence-electron chi connectivity index (χ3n) is 6.34. The molecule has 0 spiro atoms. The molecule has 7 nitrogen and oxygen atoms in total. The lowest BCUT2D eigenvalue weighted by molar-refractivity contribution is -0.139. The molecule has 0 radical (unpaired) electrons. The van der Waals surface area contributed by atoms with Crippen LogP contribution in [0.2, 0.25) is 15.1 Å². The summed E-state index contributed by atoms with van der Waals surface area (Å²) >= 11 is 18.7. The van der Waals surface area contributed by atoms with Gasteiger partial charge < -0.3 is 10.2 Å². The Morgan fingerprint density at radius 3 is 2.25 bits per heavy atom. The van der Waals surface area contributed by atoms with Crippen molar-refractivity contribution in [3.05, 3.63) is 92.9 Å². The molecule has 0 aromatic heterocycles. The quantitative estimate of drug-likeness (QED) is 0.234. The maximum atomic E-state index is 13.9. The second-order valence-electron chi connectivity index (χ2n) is 9.38.